The Morgan fingerprint density at radius 3 is 2.12 bits per heavy atom. The highest BCUT2D eigenvalue weighted by atomic mass is 16.7. The Morgan fingerprint density at radius 1 is 0.810 bits per heavy atom. The third-order valence-electron chi connectivity index (χ3n) is 8.73. The van der Waals surface area contributed by atoms with Crippen LogP contribution in [0.3, 0.4) is 0 Å². The fourth-order valence-corrected chi connectivity index (χ4v) is 6.21. The SMILES string of the molecule is C[C@@H]1O[C@@H](O[C@@H]2[C@H](CO)OCC[C@H]2O[C@@H]2O[C@@H](CO)[C@H](O)C(O[C@@H](CC3CCCCC3)C(=O)[O-])[C@@H]2O)[C@@H](O)[C@@H](O)[C@@H]1O. The molecule has 244 valence electrons. The summed E-state index contributed by atoms with van der Waals surface area (Å²) in [5, 5.41) is 84.4. The largest absolute Gasteiger partial charge is 0.547 e. The van der Waals surface area contributed by atoms with Crippen LogP contribution in [0.5, 0.6) is 0 Å². The molecular formula is C27H45O15-. The predicted octanol–water partition coefficient (Wildman–Crippen LogP) is -3.72. The van der Waals surface area contributed by atoms with E-state index in [1.54, 1.807) is 0 Å². The zero-order chi connectivity index (χ0) is 30.6. The maximum absolute atomic E-state index is 12.0. The van der Waals surface area contributed by atoms with Crippen molar-refractivity contribution in [3.05, 3.63) is 0 Å². The minimum atomic E-state index is -1.71. The van der Waals surface area contributed by atoms with Gasteiger partial charge in [0, 0.05) is 6.61 Å². The van der Waals surface area contributed by atoms with E-state index in [1.807, 2.05) is 0 Å². The Bertz CT molecular complexity index is 842. The van der Waals surface area contributed by atoms with Gasteiger partial charge in [-0.05, 0) is 25.7 Å². The normalized spacial score (nSPS) is 44.5. The Balaban J connectivity index is 1.49. The van der Waals surface area contributed by atoms with Crippen molar-refractivity contribution in [1.29, 1.82) is 0 Å². The molecular weight excluding hydrogens is 564 g/mol. The second-order valence-electron chi connectivity index (χ2n) is 11.7. The van der Waals surface area contributed by atoms with Crippen molar-refractivity contribution in [3.63, 3.8) is 0 Å². The van der Waals surface area contributed by atoms with Gasteiger partial charge in [0.1, 0.15) is 54.9 Å². The first-order valence-electron chi connectivity index (χ1n) is 14.8. The molecule has 4 rings (SSSR count). The van der Waals surface area contributed by atoms with Crippen molar-refractivity contribution < 1.29 is 74.1 Å². The van der Waals surface area contributed by atoms with E-state index >= 15 is 0 Å². The number of carboxylic acid groups (broad SMARTS) is 1. The van der Waals surface area contributed by atoms with Gasteiger partial charge < -0.3 is 74.1 Å². The highest BCUT2D eigenvalue weighted by Gasteiger charge is 2.51. The molecule has 7 N–H and O–H groups in total. The molecule has 42 heavy (non-hydrogen) atoms. The van der Waals surface area contributed by atoms with Gasteiger partial charge in [0.15, 0.2) is 12.6 Å². The van der Waals surface area contributed by atoms with E-state index < -0.39 is 105 Å². The smallest absolute Gasteiger partial charge is 0.187 e. The fraction of sp³-hybridized carbons (Fsp3) is 0.963. The summed E-state index contributed by atoms with van der Waals surface area (Å²) in [6.45, 7) is 0.357. The molecule has 3 aliphatic heterocycles. The average molecular weight is 610 g/mol. The lowest BCUT2D eigenvalue weighted by Gasteiger charge is -2.47. The van der Waals surface area contributed by atoms with Crippen LogP contribution in [0.25, 0.3) is 0 Å². The monoisotopic (exact) mass is 609 g/mol. The number of aliphatic hydroxyl groups excluding tert-OH is 7. The van der Waals surface area contributed by atoms with Gasteiger partial charge in [0.05, 0.1) is 37.5 Å². The summed E-state index contributed by atoms with van der Waals surface area (Å²) in [5.74, 6) is -1.40. The van der Waals surface area contributed by atoms with E-state index in [4.69, 9.17) is 28.4 Å². The van der Waals surface area contributed by atoms with Gasteiger partial charge in [-0.2, -0.15) is 0 Å². The van der Waals surface area contributed by atoms with E-state index in [1.165, 1.54) is 6.92 Å². The highest BCUT2D eigenvalue weighted by Crippen LogP contribution is 2.33. The Kier molecular flexibility index (Phi) is 12.3. The summed E-state index contributed by atoms with van der Waals surface area (Å²) < 4.78 is 34.4. The van der Waals surface area contributed by atoms with Crippen molar-refractivity contribution in [2.75, 3.05) is 19.8 Å². The number of carboxylic acids is 1. The molecule has 0 bridgehead atoms. The zero-order valence-corrected chi connectivity index (χ0v) is 23.6. The van der Waals surface area contributed by atoms with Crippen LogP contribution in [0.4, 0.5) is 0 Å². The van der Waals surface area contributed by atoms with Crippen molar-refractivity contribution in [3.8, 4) is 0 Å². The van der Waals surface area contributed by atoms with Crippen LogP contribution in [0.2, 0.25) is 0 Å². The lowest BCUT2D eigenvalue weighted by atomic mass is 9.85. The summed E-state index contributed by atoms with van der Waals surface area (Å²) in [4.78, 5) is 12.0. The van der Waals surface area contributed by atoms with Gasteiger partial charge in [0.2, 0.25) is 0 Å². The van der Waals surface area contributed by atoms with Crippen LogP contribution in [0.15, 0.2) is 0 Å². The van der Waals surface area contributed by atoms with E-state index in [0.717, 1.165) is 32.1 Å². The standard InChI is InChI=1S/C27H46O15/c1-12-18(30)20(32)21(33)26(38-12)42-23-14(7-8-37-17(23)11-29)40-27-22(34)24(19(31)16(10-28)41-27)39-15(25(35)36)9-13-5-3-2-4-6-13/h12-24,26-34H,2-11H2,1H3,(H,35,36)/p-1/t12-,14+,15-,16-,17-,18+,19-,20-,21-,22-,23-,24?,26-,27+/m0/s1. The van der Waals surface area contributed by atoms with Gasteiger partial charge in [-0.25, -0.2) is 0 Å². The number of carbonyl (C=O) groups is 1. The molecule has 4 aliphatic rings. The molecule has 15 nitrogen and oxygen atoms in total. The van der Waals surface area contributed by atoms with E-state index in [2.05, 4.69) is 0 Å². The molecule has 14 atom stereocenters. The molecule has 3 saturated heterocycles. The maximum Gasteiger partial charge on any atom is 0.187 e. The topological polar surface area (TPSA) is 237 Å². The number of ether oxygens (including phenoxy) is 6. The third-order valence-corrected chi connectivity index (χ3v) is 8.73. The molecule has 1 unspecified atom stereocenters. The van der Waals surface area contributed by atoms with Gasteiger partial charge in [0.25, 0.3) is 0 Å². The number of hydrogen-bond acceptors (Lipinski definition) is 15. The van der Waals surface area contributed by atoms with Crippen LogP contribution in [0, 0.1) is 5.92 Å². The summed E-state index contributed by atoms with van der Waals surface area (Å²) in [6.07, 6.45) is -14.1. The first-order chi connectivity index (χ1) is 20.0. The zero-order valence-electron chi connectivity index (χ0n) is 23.6. The minimum absolute atomic E-state index is 0.0896. The number of carbonyl (C=O) groups excluding carboxylic acids is 1. The second-order valence-corrected chi connectivity index (χ2v) is 11.7. The number of aliphatic carboxylic acids is 1. The summed E-state index contributed by atoms with van der Waals surface area (Å²) in [6, 6.07) is 0. The molecule has 15 heteroatoms. The maximum atomic E-state index is 12.0. The summed E-state index contributed by atoms with van der Waals surface area (Å²) >= 11 is 0. The van der Waals surface area contributed by atoms with Crippen LogP contribution in [0.1, 0.15) is 51.9 Å². The first kappa shape index (κ1) is 33.8. The molecule has 0 aromatic carbocycles. The van der Waals surface area contributed by atoms with E-state index in [0.29, 0.717) is 0 Å². The van der Waals surface area contributed by atoms with Crippen molar-refractivity contribution >= 4 is 5.97 Å². The van der Waals surface area contributed by atoms with Gasteiger partial charge in [-0.1, -0.05) is 32.1 Å². The molecule has 0 spiro atoms. The van der Waals surface area contributed by atoms with Crippen molar-refractivity contribution in [2.45, 2.75) is 138 Å². The van der Waals surface area contributed by atoms with E-state index in [9.17, 15) is 45.6 Å². The van der Waals surface area contributed by atoms with Gasteiger partial charge >= 0.3 is 0 Å². The third kappa shape index (κ3) is 7.77. The summed E-state index contributed by atoms with van der Waals surface area (Å²) in [5.41, 5.74) is 0. The fourth-order valence-electron chi connectivity index (χ4n) is 6.21. The Morgan fingerprint density at radius 2 is 1.48 bits per heavy atom. The van der Waals surface area contributed by atoms with E-state index in [-0.39, 0.29) is 25.4 Å². The first-order valence-corrected chi connectivity index (χ1v) is 14.8. The van der Waals surface area contributed by atoms with Crippen LogP contribution in [-0.4, -0.2) is 147 Å². The van der Waals surface area contributed by atoms with Crippen LogP contribution in [-0.2, 0) is 33.2 Å². The molecule has 1 saturated carbocycles. The van der Waals surface area contributed by atoms with Gasteiger partial charge in [-0.3, -0.25) is 0 Å². The quantitative estimate of drug-likeness (QED) is 0.119. The Labute approximate surface area is 243 Å². The summed E-state index contributed by atoms with van der Waals surface area (Å²) in [7, 11) is 0. The molecule has 3 heterocycles. The van der Waals surface area contributed by atoms with Crippen molar-refractivity contribution in [2.24, 2.45) is 5.92 Å². The Hall–Kier alpha value is -1.05. The molecule has 0 radical (unpaired) electrons. The minimum Gasteiger partial charge on any atom is -0.547 e. The van der Waals surface area contributed by atoms with Crippen LogP contribution >= 0.6 is 0 Å². The predicted molar refractivity (Wildman–Crippen MR) is 136 cm³/mol. The molecule has 0 amide bonds. The second kappa shape index (κ2) is 15.3. The lowest BCUT2D eigenvalue weighted by molar-refractivity contribution is -0.360. The number of aliphatic hydroxyl groups is 7. The molecule has 0 aromatic heterocycles. The average Bonchev–Trinajstić information content (AvgIpc) is 2.98. The van der Waals surface area contributed by atoms with Gasteiger partial charge in [-0.15, -0.1) is 0 Å². The lowest BCUT2D eigenvalue weighted by Crippen LogP contribution is -2.64. The van der Waals surface area contributed by atoms with Crippen molar-refractivity contribution in [1.82, 2.24) is 0 Å². The number of rotatable bonds is 11. The molecule has 1 aliphatic carbocycles. The molecule has 4 fully saturated rings. The van der Waals surface area contributed by atoms with Crippen LogP contribution < -0.4 is 5.11 Å². The number of hydrogen-bond donors (Lipinski definition) is 7. The molecule has 0 aromatic rings. The highest BCUT2D eigenvalue weighted by molar-refractivity contribution is 5.70.